The van der Waals surface area contributed by atoms with Crippen molar-refractivity contribution < 1.29 is 17.9 Å². The van der Waals surface area contributed by atoms with Crippen molar-refractivity contribution in [1.29, 1.82) is 0 Å². The number of ether oxygens (including phenoxy) is 1. The van der Waals surface area contributed by atoms with E-state index in [2.05, 4.69) is 0 Å². The highest BCUT2D eigenvalue weighted by molar-refractivity contribution is 5.60. The van der Waals surface area contributed by atoms with Crippen LogP contribution in [0.1, 0.15) is 11.1 Å². The van der Waals surface area contributed by atoms with E-state index < -0.39 is 11.7 Å². The quantitative estimate of drug-likeness (QED) is 0.868. The van der Waals surface area contributed by atoms with Gasteiger partial charge in [-0.3, -0.25) is 0 Å². The van der Waals surface area contributed by atoms with Crippen molar-refractivity contribution >= 4 is 6.08 Å². The Morgan fingerprint density at radius 1 is 1.38 bits per heavy atom. The summed E-state index contributed by atoms with van der Waals surface area (Å²) < 4.78 is 42.6. The number of hydrogen-bond donors (Lipinski definition) is 1. The zero-order valence-electron chi connectivity index (χ0n) is 8.71. The third-order valence-corrected chi connectivity index (χ3v) is 1.99. The minimum atomic E-state index is -4.42. The van der Waals surface area contributed by atoms with E-state index in [0.29, 0.717) is 5.56 Å². The van der Waals surface area contributed by atoms with Crippen molar-refractivity contribution in [3.05, 3.63) is 35.4 Å². The van der Waals surface area contributed by atoms with Crippen molar-refractivity contribution in [2.45, 2.75) is 6.18 Å². The largest absolute Gasteiger partial charge is 0.495 e. The van der Waals surface area contributed by atoms with Crippen LogP contribution in [-0.2, 0) is 6.18 Å². The van der Waals surface area contributed by atoms with Gasteiger partial charge >= 0.3 is 6.18 Å². The van der Waals surface area contributed by atoms with Gasteiger partial charge < -0.3 is 10.5 Å². The highest BCUT2D eigenvalue weighted by Crippen LogP contribution is 2.38. The summed E-state index contributed by atoms with van der Waals surface area (Å²) in [5, 5.41) is 0. The van der Waals surface area contributed by atoms with Crippen molar-refractivity contribution in [1.82, 2.24) is 0 Å². The third-order valence-electron chi connectivity index (χ3n) is 1.99. The molecule has 0 fully saturated rings. The topological polar surface area (TPSA) is 35.2 Å². The lowest BCUT2D eigenvalue weighted by Gasteiger charge is -2.13. The van der Waals surface area contributed by atoms with Gasteiger partial charge in [-0.2, -0.15) is 13.2 Å². The molecule has 0 aliphatic carbocycles. The number of halogens is 3. The normalized spacial score (nSPS) is 12.1. The fourth-order valence-electron chi connectivity index (χ4n) is 1.33. The summed E-state index contributed by atoms with van der Waals surface area (Å²) in [6, 6.07) is 3.86. The highest BCUT2D eigenvalue weighted by Gasteiger charge is 2.34. The minimum absolute atomic E-state index is 0.181. The number of benzene rings is 1. The minimum Gasteiger partial charge on any atom is -0.495 e. The van der Waals surface area contributed by atoms with Crippen LogP contribution < -0.4 is 10.5 Å². The van der Waals surface area contributed by atoms with Gasteiger partial charge in [-0.15, -0.1) is 0 Å². The molecule has 0 atom stereocenters. The van der Waals surface area contributed by atoms with Crippen LogP contribution in [0.5, 0.6) is 5.75 Å². The molecule has 0 amide bonds. The molecule has 0 bridgehead atoms. The van der Waals surface area contributed by atoms with E-state index >= 15 is 0 Å². The predicted molar refractivity (Wildman–Crippen MR) is 56.1 cm³/mol. The molecule has 0 aromatic heterocycles. The Labute approximate surface area is 91.5 Å². The second-order valence-electron chi connectivity index (χ2n) is 3.06. The van der Waals surface area contributed by atoms with Crippen molar-refractivity contribution in [3.63, 3.8) is 0 Å². The zero-order valence-corrected chi connectivity index (χ0v) is 8.71. The van der Waals surface area contributed by atoms with E-state index in [-0.39, 0.29) is 12.3 Å². The van der Waals surface area contributed by atoms with Crippen molar-refractivity contribution in [3.8, 4) is 5.75 Å². The van der Waals surface area contributed by atoms with Gasteiger partial charge in [0.1, 0.15) is 5.75 Å². The molecular formula is C11H12F3NO. The molecular weight excluding hydrogens is 219 g/mol. The van der Waals surface area contributed by atoms with Gasteiger partial charge in [-0.1, -0.05) is 24.3 Å². The fourth-order valence-corrected chi connectivity index (χ4v) is 1.33. The van der Waals surface area contributed by atoms with Gasteiger partial charge in [-0.05, 0) is 6.07 Å². The van der Waals surface area contributed by atoms with Crippen LogP contribution in [0.25, 0.3) is 6.08 Å². The first kappa shape index (κ1) is 12.6. The lowest BCUT2D eigenvalue weighted by molar-refractivity contribution is -0.138. The number of hydrogen-bond acceptors (Lipinski definition) is 2. The van der Waals surface area contributed by atoms with E-state index in [4.69, 9.17) is 10.5 Å². The van der Waals surface area contributed by atoms with Gasteiger partial charge in [0.05, 0.1) is 12.7 Å². The number of alkyl halides is 3. The maximum absolute atomic E-state index is 12.6. The molecule has 0 aliphatic rings. The molecule has 0 aliphatic heterocycles. The Balaban J connectivity index is 3.26. The molecule has 0 radical (unpaired) electrons. The molecule has 88 valence electrons. The summed E-state index contributed by atoms with van der Waals surface area (Å²) in [7, 11) is 1.21. The van der Waals surface area contributed by atoms with Crippen LogP contribution in [0.4, 0.5) is 13.2 Å². The van der Waals surface area contributed by atoms with Crippen LogP contribution in [0.15, 0.2) is 24.3 Å². The standard InChI is InChI=1S/C11H12F3NO/c1-16-10-8(5-3-7-15)4-2-6-9(10)11(12,13)14/h2-6H,7,15H2,1H3/b5-3+. The van der Waals surface area contributed by atoms with Crippen molar-refractivity contribution in [2.75, 3.05) is 13.7 Å². The van der Waals surface area contributed by atoms with E-state index in [1.54, 1.807) is 12.1 Å². The van der Waals surface area contributed by atoms with E-state index in [1.165, 1.54) is 19.3 Å². The van der Waals surface area contributed by atoms with Gasteiger partial charge in [0, 0.05) is 12.1 Å². The molecule has 2 N–H and O–H groups in total. The van der Waals surface area contributed by atoms with Gasteiger partial charge in [0.25, 0.3) is 0 Å². The molecule has 1 rings (SSSR count). The smallest absolute Gasteiger partial charge is 0.419 e. The summed E-state index contributed by atoms with van der Waals surface area (Å²) in [5.74, 6) is -0.181. The number of rotatable bonds is 3. The monoisotopic (exact) mass is 231 g/mol. The summed E-state index contributed by atoms with van der Waals surface area (Å²) >= 11 is 0. The number of methoxy groups -OCH3 is 1. The third kappa shape index (κ3) is 2.76. The average molecular weight is 231 g/mol. The Kier molecular flexibility index (Phi) is 3.95. The van der Waals surface area contributed by atoms with E-state index in [0.717, 1.165) is 6.07 Å². The summed E-state index contributed by atoms with van der Waals surface area (Å²) in [4.78, 5) is 0. The van der Waals surface area contributed by atoms with E-state index in [9.17, 15) is 13.2 Å². The second kappa shape index (κ2) is 5.03. The molecule has 0 heterocycles. The first-order valence-electron chi connectivity index (χ1n) is 4.61. The maximum atomic E-state index is 12.6. The predicted octanol–water partition coefficient (Wildman–Crippen LogP) is 2.69. The van der Waals surface area contributed by atoms with Gasteiger partial charge in [-0.25, -0.2) is 0 Å². The SMILES string of the molecule is COc1c(/C=C/CN)cccc1C(F)(F)F. The lowest BCUT2D eigenvalue weighted by Crippen LogP contribution is -2.08. The molecule has 0 saturated carbocycles. The van der Waals surface area contributed by atoms with Crippen LogP contribution in [0.2, 0.25) is 0 Å². The summed E-state index contributed by atoms with van der Waals surface area (Å²) in [6.07, 6.45) is -1.34. The molecule has 0 unspecified atom stereocenters. The Bertz CT molecular complexity index is 385. The van der Waals surface area contributed by atoms with E-state index in [1.807, 2.05) is 0 Å². The summed E-state index contributed by atoms with van der Waals surface area (Å²) in [6.45, 7) is 0.263. The molecule has 1 aromatic rings. The molecule has 5 heteroatoms. The molecule has 1 aromatic carbocycles. The first-order chi connectivity index (χ1) is 7.50. The Morgan fingerprint density at radius 3 is 2.56 bits per heavy atom. The maximum Gasteiger partial charge on any atom is 0.419 e. The zero-order chi connectivity index (χ0) is 12.2. The Morgan fingerprint density at radius 2 is 2.06 bits per heavy atom. The average Bonchev–Trinajstić information content (AvgIpc) is 2.24. The lowest BCUT2D eigenvalue weighted by atomic mass is 10.1. The first-order valence-corrected chi connectivity index (χ1v) is 4.61. The molecule has 16 heavy (non-hydrogen) atoms. The van der Waals surface area contributed by atoms with Crippen molar-refractivity contribution in [2.24, 2.45) is 5.73 Å². The summed E-state index contributed by atoms with van der Waals surface area (Å²) in [5.41, 5.74) is 4.82. The molecule has 0 saturated heterocycles. The highest BCUT2D eigenvalue weighted by atomic mass is 19.4. The number of para-hydroxylation sites is 1. The molecule has 0 spiro atoms. The van der Waals surface area contributed by atoms with Gasteiger partial charge in [0.2, 0.25) is 0 Å². The number of nitrogens with two attached hydrogens (primary N) is 1. The Hall–Kier alpha value is -1.49. The van der Waals surface area contributed by atoms with Crippen LogP contribution in [-0.4, -0.2) is 13.7 Å². The fraction of sp³-hybridized carbons (Fsp3) is 0.273. The molecule has 2 nitrogen and oxygen atoms in total. The van der Waals surface area contributed by atoms with Crippen LogP contribution in [0, 0.1) is 0 Å². The van der Waals surface area contributed by atoms with Crippen LogP contribution in [0.3, 0.4) is 0 Å². The van der Waals surface area contributed by atoms with Gasteiger partial charge in [0.15, 0.2) is 0 Å². The van der Waals surface area contributed by atoms with Crippen LogP contribution >= 0.6 is 0 Å². The second-order valence-corrected chi connectivity index (χ2v) is 3.06.